The highest BCUT2D eigenvalue weighted by atomic mass is 32.2. The first-order chi connectivity index (χ1) is 15.5. The Morgan fingerprint density at radius 1 is 1.25 bits per heavy atom. The SMILES string of the molecule is CC[C@]1(C)Cc2c(sc3c2c(=O)n(C)c2nnc(SCc4ccc5c(c4)OCO5)n32)CO1. The first-order valence-corrected chi connectivity index (χ1v) is 12.3. The van der Waals surface area contributed by atoms with Gasteiger partial charge in [0, 0.05) is 24.1 Å². The van der Waals surface area contributed by atoms with Crippen LogP contribution in [0.4, 0.5) is 0 Å². The second-order valence-corrected chi connectivity index (χ2v) is 10.4. The van der Waals surface area contributed by atoms with Crippen LogP contribution in [0.15, 0.2) is 28.2 Å². The summed E-state index contributed by atoms with van der Waals surface area (Å²) in [6, 6.07) is 5.96. The lowest BCUT2D eigenvalue weighted by Crippen LogP contribution is -2.34. The van der Waals surface area contributed by atoms with Crippen LogP contribution >= 0.6 is 23.1 Å². The lowest BCUT2D eigenvalue weighted by atomic mass is 9.90. The number of nitrogens with zero attached hydrogens (tertiary/aromatic N) is 4. The topological polar surface area (TPSA) is 79.9 Å². The van der Waals surface area contributed by atoms with Gasteiger partial charge >= 0.3 is 0 Å². The number of thioether (sulfide) groups is 1. The molecule has 3 aromatic heterocycles. The second-order valence-electron chi connectivity index (χ2n) is 8.41. The Bertz CT molecular complexity index is 1440. The van der Waals surface area contributed by atoms with Crippen LogP contribution in [0.25, 0.3) is 16.0 Å². The van der Waals surface area contributed by atoms with Gasteiger partial charge in [-0.3, -0.25) is 9.36 Å². The van der Waals surface area contributed by atoms with Gasteiger partial charge in [-0.25, -0.2) is 4.40 Å². The van der Waals surface area contributed by atoms with Crippen molar-refractivity contribution in [2.45, 2.75) is 49.8 Å². The molecule has 0 bridgehead atoms. The summed E-state index contributed by atoms with van der Waals surface area (Å²) in [4.78, 5) is 15.3. The van der Waals surface area contributed by atoms with Crippen molar-refractivity contribution < 1.29 is 14.2 Å². The molecule has 0 spiro atoms. The van der Waals surface area contributed by atoms with Crippen LogP contribution in [-0.4, -0.2) is 31.6 Å². The molecule has 1 atom stereocenters. The van der Waals surface area contributed by atoms with Gasteiger partial charge < -0.3 is 14.2 Å². The van der Waals surface area contributed by atoms with E-state index in [2.05, 4.69) is 24.0 Å². The zero-order valence-electron chi connectivity index (χ0n) is 18.0. The van der Waals surface area contributed by atoms with Crippen molar-refractivity contribution in [2.24, 2.45) is 7.05 Å². The zero-order valence-corrected chi connectivity index (χ0v) is 19.6. The molecular weight excluding hydrogens is 448 g/mol. The average Bonchev–Trinajstić information content (AvgIpc) is 3.51. The van der Waals surface area contributed by atoms with Crippen LogP contribution in [0.1, 0.15) is 36.3 Å². The van der Waals surface area contributed by atoms with Crippen molar-refractivity contribution in [3.8, 4) is 11.5 Å². The maximum atomic E-state index is 13.3. The van der Waals surface area contributed by atoms with E-state index < -0.39 is 0 Å². The summed E-state index contributed by atoms with van der Waals surface area (Å²) < 4.78 is 20.7. The minimum atomic E-state index is -0.245. The summed E-state index contributed by atoms with van der Waals surface area (Å²) in [6.07, 6.45) is 1.64. The number of thiophene rings is 1. The van der Waals surface area contributed by atoms with Gasteiger partial charge in [0.15, 0.2) is 16.7 Å². The van der Waals surface area contributed by atoms with Crippen LogP contribution in [0.5, 0.6) is 11.5 Å². The van der Waals surface area contributed by atoms with Gasteiger partial charge in [0.25, 0.3) is 5.56 Å². The molecule has 2 aliphatic rings. The fourth-order valence-electron chi connectivity index (χ4n) is 4.26. The number of hydrogen-bond acceptors (Lipinski definition) is 8. The van der Waals surface area contributed by atoms with Crippen LogP contribution in [-0.2, 0) is 30.6 Å². The molecule has 0 saturated heterocycles. The molecule has 0 radical (unpaired) electrons. The Balaban J connectivity index is 1.44. The van der Waals surface area contributed by atoms with Gasteiger partial charge in [-0.1, -0.05) is 24.8 Å². The third kappa shape index (κ3) is 2.96. The summed E-state index contributed by atoms with van der Waals surface area (Å²) in [5.41, 5.74) is 1.95. The standard InChI is InChI=1S/C22H22N4O4S2/c1-4-22(2)8-13-16(9-30-22)32-19-17(13)18(27)25(3)20-23-24-21(26(19)20)31-10-12-5-6-14-15(7-12)29-11-28-14/h5-7H,4,8-11H2,1-3H3/t22-/m1/s1. The third-order valence-electron chi connectivity index (χ3n) is 6.37. The second kappa shape index (κ2) is 7.23. The summed E-state index contributed by atoms with van der Waals surface area (Å²) in [6.45, 7) is 5.04. The number of ether oxygens (including phenoxy) is 3. The third-order valence-corrected chi connectivity index (χ3v) is 8.56. The van der Waals surface area contributed by atoms with Crippen LogP contribution in [0.3, 0.4) is 0 Å². The average molecular weight is 471 g/mol. The molecular formula is C22H22N4O4S2. The van der Waals surface area contributed by atoms with Crippen molar-refractivity contribution in [1.82, 2.24) is 19.2 Å². The van der Waals surface area contributed by atoms with Crippen molar-refractivity contribution >= 4 is 39.1 Å². The van der Waals surface area contributed by atoms with Crippen molar-refractivity contribution in [3.63, 3.8) is 0 Å². The van der Waals surface area contributed by atoms with Gasteiger partial charge in [-0.05, 0) is 36.6 Å². The maximum absolute atomic E-state index is 13.3. The van der Waals surface area contributed by atoms with E-state index in [1.165, 1.54) is 0 Å². The highest BCUT2D eigenvalue weighted by molar-refractivity contribution is 7.98. The van der Waals surface area contributed by atoms with Crippen molar-refractivity contribution in [2.75, 3.05) is 6.79 Å². The fourth-order valence-corrected chi connectivity index (χ4v) is 6.41. The van der Waals surface area contributed by atoms with E-state index >= 15 is 0 Å². The summed E-state index contributed by atoms with van der Waals surface area (Å²) >= 11 is 3.20. The number of aromatic nitrogens is 4. The molecule has 2 aliphatic heterocycles. The largest absolute Gasteiger partial charge is 0.454 e. The highest BCUT2D eigenvalue weighted by Crippen LogP contribution is 2.40. The number of benzene rings is 1. The molecule has 32 heavy (non-hydrogen) atoms. The first-order valence-electron chi connectivity index (χ1n) is 10.5. The number of hydrogen-bond donors (Lipinski definition) is 0. The quantitative estimate of drug-likeness (QED) is 0.419. The number of fused-ring (bicyclic) bond motifs is 6. The van der Waals surface area contributed by atoms with Gasteiger partial charge in [-0.15, -0.1) is 21.5 Å². The molecule has 0 aliphatic carbocycles. The fraction of sp³-hybridized carbons (Fsp3) is 0.409. The van der Waals surface area contributed by atoms with E-state index in [4.69, 9.17) is 14.2 Å². The van der Waals surface area contributed by atoms with Crippen LogP contribution in [0, 0.1) is 0 Å². The molecule has 10 heteroatoms. The summed E-state index contributed by atoms with van der Waals surface area (Å²) in [7, 11) is 1.76. The predicted octanol–water partition coefficient (Wildman–Crippen LogP) is 3.91. The summed E-state index contributed by atoms with van der Waals surface area (Å²) in [5.74, 6) is 2.79. The lowest BCUT2D eigenvalue weighted by Gasteiger charge is -2.32. The normalized spacial score (nSPS) is 19.7. The van der Waals surface area contributed by atoms with E-state index in [-0.39, 0.29) is 18.0 Å². The van der Waals surface area contributed by atoms with Gasteiger partial charge in [0.2, 0.25) is 12.6 Å². The van der Waals surface area contributed by atoms with Gasteiger partial charge in [0.05, 0.1) is 17.6 Å². The van der Waals surface area contributed by atoms with E-state index in [9.17, 15) is 4.79 Å². The Labute approximate surface area is 192 Å². The van der Waals surface area contributed by atoms with Gasteiger partial charge in [0.1, 0.15) is 4.83 Å². The smallest absolute Gasteiger partial charge is 0.263 e. The van der Waals surface area contributed by atoms with E-state index in [1.807, 2.05) is 22.6 Å². The van der Waals surface area contributed by atoms with Gasteiger partial charge in [-0.2, -0.15) is 0 Å². The first kappa shape index (κ1) is 20.1. The molecule has 0 saturated carbocycles. The van der Waals surface area contributed by atoms with Crippen molar-refractivity contribution in [1.29, 1.82) is 0 Å². The zero-order chi connectivity index (χ0) is 22.0. The molecule has 0 unspecified atom stereocenters. The Morgan fingerprint density at radius 2 is 2.09 bits per heavy atom. The Morgan fingerprint density at radius 3 is 2.94 bits per heavy atom. The molecule has 0 N–H and O–H groups in total. The molecule has 0 amide bonds. The minimum Gasteiger partial charge on any atom is -0.454 e. The summed E-state index contributed by atoms with van der Waals surface area (Å²) in [5, 5.41) is 10.3. The molecule has 1 aromatic carbocycles. The molecule has 166 valence electrons. The molecule has 5 heterocycles. The highest BCUT2D eigenvalue weighted by Gasteiger charge is 2.34. The lowest BCUT2D eigenvalue weighted by molar-refractivity contribution is -0.0543. The minimum absolute atomic E-state index is 0.0231. The van der Waals surface area contributed by atoms with E-state index in [0.717, 1.165) is 55.7 Å². The molecule has 4 aromatic rings. The number of aryl methyl sites for hydroxylation is 1. The Kier molecular flexibility index (Phi) is 4.53. The van der Waals surface area contributed by atoms with E-state index in [1.54, 1.807) is 34.7 Å². The maximum Gasteiger partial charge on any atom is 0.263 e. The van der Waals surface area contributed by atoms with Crippen LogP contribution in [0.2, 0.25) is 0 Å². The van der Waals surface area contributed by atoms with E-state index in [0.29, 0.717) is 18.1 Å². The van der Waals surface area contributed by atoms with Crippen LogP contribution < -0.4 is 15.0 Å². The van der Waals surface area contributed by atoms with Crippen molar-refractivity contribution in [3.05, 3.63) is 44.6 Å². The molecule has 8 nitrogen and oxygen atoms in total. The number of rotatable bonds is 4. The Hall–Kier alpha value is -2.56. The molecule has 0 fully saturated rings. The predicted molar refractivity (Wildman–Crippen MR) is 123 cm³/mol. The monoisotopic (exact) mass is 470 g/mol. The molecule has 6 rings (SSSR count).